The molecule has 0 saturated heterocycles. The van der Waals surface area contributed by atoms with Gasteiger partial charge in [-0.2, -0.15) is 0 Å². The van der Waals surface area contributed by atoms with Crippen LogP contribution in [0.2, 0.25) is 5.02 Å². The van der Waals surface area contributed by atoms with E-state index in [0.717, 1.165) is 13.0 Å². The zero-order valence-corrected chi connectivity index (χ0v) is 25.3. The number of aliphatic hydroxyl groups is 3. The number of nitrogens with zero attached hydrogens (tertiary/aromatic N) is 2. The molecule has 9 nitrogen and oxygen atoms in total. The zero-order chi connectivity index (χ0) is 30.7. The van der Waals surface area contributed by atoms with Crippen LogP contribution in [-0.4, -0.2) is 93.2 Å². The second-order valence-corrected chi connectivity index (χ2v) is 12.9. The van der Waals surface area contributed by atoms with Crippen LogP contribution >= 0.6 is 11.6 Å². The summed E-state index contributed by atoms with van der Waals surface area (Å²) in [6, 6.07) is 0.807. The van der Waals surface area contributed by atoms with Gasteiger partial charge in [0.25, 0.3) is 0 Å². The Kier molecular flexibility index (Phi) is 8.55. The molecule has 1 unspecified atom stereocenters. The Morgan fingerprint density at radius 3 is 2.39 bits per heavy atom. The molecule has 221 valence electrons. The van der Waals surface area contributed by atoms with E-state index in [1.54, 1.807) is 19.0 Å². The van der Waals surface area contributed by atoms with E-state index in [-0.39, 0.29) is 35.8 Å². The van der Waals surface area contributed by atoms with Crippen molar-refractivity contribution < 1.29 is 30.0 Å². The molecule has 0 aliphatic heterocycles. The number of aromatic hydroxyl groups is 1. The molecule has 4 rings (SSSR count). The maximum absolute atomic E-state index is 14.0. The van der Waals surface area contributed by atoms with Crippen LogP contribution in [0, 0.1) is 17.8 Å². The normalized spacial score (nSPS) is 26.3. The number of halogens is 1. The summed E-state index contributed by atoms with van der Waals surface area (Å²) < 4.78 is 0. The Morgan fingerprint density at radius 2 is 1.85 bits per heavy atom. The number of primary amides is 1. The van der Waals surface area contributed by atoms with Crippen molar-refractivity contribution in [3.05, 3.63) is 44.7 Å². The number of amides is 1. The number of rotatable bonds is 8. The number of Topliss-reactive ketones (excluding diaryl/α,β-unsaturated/α-hetero) is 1. The molecule has 1 saturated carbocycles. The minimum atomic E-state index is -2.41. The molecule has 3 aliphatic rings. The first-order valence-electron chi connectivity index (χ1n) is 14.0. The minimum absolute atomic E-state index is 0.0470. The molecule has 41 heavy (non-hydrogen) atoms. The number of aliphatic hydroxyl groups excluding tert-OH is 2. The molecule has 11 heteroatoms. The Hall–Kier alpha value is -2.66. The van der Waals surface area contributed by atoms with Gasteiger partial charge in [0.15, 0.2) is 0 Å². The quantitative estimate of drug-likeness (QED) is 0.293. The molecule has 0 bridgehead atoms. The molecule has 0 heterocycles. The summed E-state index contributed by atoms with van der Waals surface area (Å²) in [6.07, 6.45) is 1.35. The van der Waals surface area contributed by atoms with E-state index in [0.29, 0.717) is 28.6 Å². The van der Waals surface area contributed by atoms with Gasteiger partial charge in [0.2, 0.25) is 0 Å². The first-order chi connectivity index (χ1) is 19.0. The first-order valence-corrected chi connectivity index (χ1v) is 14.4. The third-order valence-electron chi connectivity index (χ3n) is 8.93. The van der Waals surface area contributed by atoms with Crippen LogP contribution < -0.4 is 5.73 Å². The van der Waals surface area contributed by atoms with Crippen LogP contribution in [0.15, 0.2) is 23.0 Å². The van der Waals surface area contributed by atoms with Crippen molar-refractivity contribution in [2.45, 2.75) is 71.2 Å². The van der Waals surface area contributed by atoms with Crippen molar-refractivity contribution in [3.63, 3.8) is 0 Å². The predicted octanol–water partition coefficient (Wildman–Crippen LogP) is 2.65. The van der Waals surface area contributed by atoms with Gasteiger partial charge in [-0.05, 0) is 26.2 Å². The molecule has 0 aromatic heterocycles. The van der Waals surface area contributed by atoms with Crippen molar-refractivity contribution in [1.29, 1.82) is 0 Å². The molecule has 4 atom stereocenters. The molecule has 6 N–H and O–H groups in total. The van der Waals surface area contributed by atoms with Crippen molar-refractivity contribution in [1.82, 2.24) is 9.80 Å². The fraction of sp³-hybridized carbons (Fsp3) is 0.567. The number of hydrogen-bond donors (Lipinski definition) is 5. The summed E-state index contributed by atoms with van der Waals surface area (Å²) in [5.74, 6) is -4.10. The van der Waals surface area contributed by atoms with Crippen LogP contribution in [0.4, 0.5) is 0 Å². The number of ketones is 1. The summed E-state index contributed by atoms with van der Waals surface area (Å²) in [4.78, 5) is 30.1. The predicted molar refractivity (Wildman–Crippen MR) is 160 cm³/mol. The fourth-order valence-corrected chi connectivity index (χ4v) is 7.01. The number of nitrogens with two attached hydrogens (primary N) is 1. The number of hydrogen-bond acceptors (Lipinski definition) is 8. The van der Waals surface area contributed by atoms with E-state index >= 15 is 0 Å². The molecule has 1 radical (unpaired) electrons. The number of fused-ring (bicyclic) bond motifs is 3. The monoisotopic (exact) mass is 584 g/mol. The Labute approximate surface area is 247 Å². The van der Waals surface area contributed by atoms with Gasteiger partial charge in [-0.15, -0.1) is 0 Å². The van der Waals surface area contributed by atoms with Gasteiger partial charge in [-0.1, -0.05) is 13.8 Å². The fourth-order valence-electron chi connectivity index (χ4n) is 6.72. The van der Waals surface area contributed by atoms with Gasteiger partial charge < -0.3 is 0 Å². The van der Waals surface area contributed by atoms with Gasteiger partial charge in [0, 0.05) is 0 Å². The number of carbonyl (C=O) groups excluding carboxylic acids is 2. The first kappa shape index (κ1) is 31.3. The molecule has 1 aromatic carbocycles. The van der Waals surface area contributed by atoms with Gasteiger partial charge in [-0.25, -0.2) is 0 Å². The molecule has 1 amide bonds. The molecule has 0 spiro atoms. The standard InChI is InChI=1S/C30H40BClN3O6/c1-13(2)7-8-35(14(3)4)12-16-11-19(36)21-17(23(16)32)9-15-10-18-24(34(5)6)26(38)22(29(33)40)27(31)30(18,41)28(39)20(15)25(21)37/h11,13-15,18,24,36-38,41H,7-10,12H2,1-6H3,(H2,33,40)/t15-,18-,24-,30?/m0/s1. The second-order valence-electron chi connectivity index (χ2n) is 12.5. The van der Waals surface area contributed by atoms with Crippen molar-refractivity contribution in [2.24, 2.45) is 23.5 Å². The summed E-state index contributed by atoms with van der Waals surface area (Å²) in [5, 5.41) is 45.8. The van der Waals surface area contributed by atoms with E-state index < -0.39 is 57.7 Å². The number of carbonyl (C=O) groups is 2. The summed E-state index contributed by atoms with van der Waals surface area (Å²) in [7, 11) is 9.48. The number of benzene rings is 1. The van der Waals surface area contributed by atoms with Gasteiger partial charge in [0.05, 0.1) is 0 Å². The molecule has 1 fully saturated rings. The molecular formula is C30H40BClN3O6. The van der Waals surface area contributed by atoms with Crippen LogP contribution in [-0.2, 0) is 22.6 Å². The van der Waals surface area contributed by atoms with E-state index in [2.05, 4.69) is 32.6 Å². The van der Waals surface area contributed by atoms with Gasteiger partial charge in [0.1, 0.15) is 0 Å². The Balaban J connectivity index is 1.82. The third-order valence-corrected chi connectivity index (χ3v) is 9.40. The topological polar surface area (TPSA) is 148 Å². The zero-order valence-electron chi connectivity index (χ0n) is 24.5. The van der Waals surface area contributed by atoms with Crippen molar-refractivity contribution in [3.8, 4) is 5.75 Å². The van der Waals surface area contributed by atoms with E-state index in [1.807, 2.05) is 0 Å². The Bertz CT molecular complexity index is 1370. The average Bonchev–Trinajstić information content (AvgIpc) is 2.85. The average molecular weight is 585 g/mol. The van der Waals surface area contributed by atoms with Crippen molar-refractivity contribution in [2.75, 3.05) is 20.6 Å². The Morgan fingerprint density at radius 1 is 1.22 bits per heavy atom. The van der Waals surface area contributed by atoms with Crippen LogP contribution in [0.1, 0.15) is 57.2 Å². The summed E-state index contributed by atoms with van der Waals surface area (Å²) in [5.41, 5.74) is 3.21. The second kappa shape index (κ2) is 11.2. The van der Waals surface area contributed by atoms with E-state index in [9.17, 15) is 30.0 Å². The number of phenolic OH excluding ortho intramolecular Hbond substituents is 1. The molecular weight excluding hydrogens is 545 g/mol. The molecule has 1 aromatic rings. The van der Waals surface area contributed by atoms with Gasteiger partial charge >= 0.3 is 208 Å². The van der Waals surface area contributed by atoms with Crippen LogP contribution in [0.3, 0.4) is 0 Å². The SMILES string of the molecule is [B]=C1C(C(N)=O)=C(O)[C@@H](N(C)C)[C@@H]2C[C@@H]3Cc4c(Cl)c(CN(CCC(C)C)C(C)C)cc(O)c4C(O)=C3C(=O)C12O. The number of likely N-dealkylation sites (N-methyl/N-ethyl adjacent to an activating group) is 1. The van der Waals surface area contributed by atoms with E-state index in [1.165, 1.54) is 6.07 Å². The van der Waals surface area contributed by atoms with Crippen LogP contribution in [0.5, 0.6) is 5.75 Å². The van der Waals surface area contributed by atoms with Gasteiger partial charge in [-0.3, -0.25) is 0 Å². The summed E-state index contributed by atoms with van der Waals surface area (Å²) in [6.45, 7) is 9.88. The summed E-state index contributed by atoms with van der Waals surface area (Å²) >= 11 is 6.95. The third kappa shape index (κ3) is 5.03. The maximum atomic E-state index is 14.0. The molecule has 3 aliphatic carbocycles. The van der Waals surface area contributed by atoms with Crippen molar-refractivity contribution >= 4 is 42.0 Å². The van der Waals surface area contributed by atoms with Crippen LogP contribution in [0.25, 0.3) is 5.76 Å². The number of phenols is 1. The van der Waals surface area contributed by atoms with E-state index in [4.69, 9.17) is 24.8 Å².